The Morgan fingerprint density at radius 3 is 2.59 bits per heavy atom. The van der Waals surface area contributed by atoms with Crippen LogP contribution in [0.15, 0.2) is 30.3 Å². The van der Waals surface area contributed by atoms with E-state index in [4.69, 9.17) is 0 Å². The molecule has 1 N–H and O–H groups in total. The molecule has 0 spiro atoms. The van der Waals surface area contributed by atoms with Gasteiger partial charge in [0.1, 0.15) is 0 Å². The molecule has 1 aromatic carbocycles. The Labute approximate surface area is 135 Å². The van der Waals surface area contributed by atoms with Crippen molar-refractivity contribution in [1.82, 2.24) is 4.90 Å². The summed E-state index contributed by atoms with van der Waals surface area (Å²) in [5.41, 5.74) is 1.43. The van der Waals surface area contributed by atoms with E-state index in [2.05, 4.69) is 49.1 Å². The minimum absolute atomic E-state index is 0.0810. The van der Waals surface area contributed by atoms with E-state index in [0.29, 0.717) is 17.9 Å². The lowest BCUT2D eigenvalue weighted by atomic mass is 9.69. The third kappa shape index (κ3) is 3.23. The molecule has 2 aliphatic rings. The van der Waals surface area contributed by atoms with Crippen molar-refractivity contribution >= 4 is 0 Å². The van der Waals surface area contributed by atoms with Gasteiger partial charge in [0.25, 0.3) is 0 Å². The Morgan fingerprint density at radius 1 is 1.09 bits per heavy atom. The predicted molar refractivity (Wildman–Crippen MR) is 91.6 cm³/mol. The number of benzene rings is 1. The fraction of sp³-hybridized carbons (Fsp3) is 0.700. The van der Waals surface area contributed by atoms with Crippen LogP contribution in [-0.4, -0.2) is 28.2 Å². The van der Waals surface area contributed by atoms with Crippen LogP contribution in [0.3, 0.4) is 0 Å². The molecule has 3 rings (SSSR count). The van der Waals surface area contributed by atoms with Crippen LogP contribution in [0.5, 0.6) is 0 Å². The Kier molecular flexibility index (Phi) is 5.20. The first-order valence-corrected chi connectivity index (χ1v) is 9.18. The monoisotopic (exact) mass is 301 g/mol. The smallest absolute Gasteiger partial charge is 0.0569 e. The van der Waals surface area contributed by atoms with E-state index in [-0.39, 0.29) is 6.10 Å². The molecule has 122 valence electrons. The lowest BCUT2D eigenvalue weighted by Crippen LogP contribution is -2.55. The number of piperidine rings is 1. The number of aliphatic hydroxyl groups excluding tert-OH is 1. The maximum absolute atomic E-state index is 10.2. The van der Waals surface area contributed by atoms with Gasteiger partial charge in [-0.2, -0.15) is 0 Å². The summed E-state index contributed by atoms with van der Waals surface area (Å²) >= 11 is 0. The molecule has 1 saturated heterocycles. The summed E-state index contributed by atoms with van der Waals surface area (Å²) in [7, 11) is 0. The van der Waals surface area contributed by atoms with Crippen LogP contribution in [-0.2, 0) is 6.54 Å². The van der Waals surface area contributed by atoms with E-state index in [1.54, 1.807) is 0 Å². The number of rotatable bonds is 4. The molecular weight excluding hydrogens is 270 g/mol. The van der Waals surface area contributed by atoms with Gasteiger partial charge in [0, 0.05) is 18.6 Å². The molecule has 22 heavy (non-hydrogen) atoms. The first-order valence-electron chi connectivity index (χ1n) is 9.18. The lowest BCUT2D eigenvalue weighted by molar-refractivity contribution is -0.0636. The zero-order valence-corrected chi connectivity index (χ0v) is 14.1. The second-order valence-corrected chi connectivity index (χ2v) is 7.41. The lowest BCUT2D eigenvalue weighted by Gasteiger charge is -2.52. The van der Waals surface area contributed by atoms with Crippen LogP contribution in [0.4, 0.5) is 0 Å². The van der Waals surface area contributed by atoms with Gasteiger partial charge in [0.05, 0.1) is 6.10 Å². The van der Waals surface area contributed by atoms with Gasteiger partial charge in [0.15, 0.2) is 0 Å². The number of hydrogen-bond donors (Lipinski definition) is 1. The van der Waals surface area contributed by atoms with E-state index in [1.807, 2.05) is 0 Å². The minimum Gasteiger partial charge on any atom is -0.393 e. The maximum Gasteiger partial charge on any atom is 0.0569 e. The molecule has 5 atom stereocenters. The average molecular weight is 301 g/mol. The molecule has 2 fully saturated rings. The normalized spacial score (nSPS) is 36.0. The van der Waals surface area contributed by atoms with Crippen LogP contribution < -0.4 is 0 Å². The van der Waals surface area contributed by atoms with Crippen LogP contribution in [0.25, 0.3) is 0 Å². The average Bonchev–Trinajstić information content (AvgIpc) is 2.54. The predicted octanol–water partition coefficient (Wildman–Crippen LogP) is 4.23. The van der Waals surface area contributed by atoms with Gasteiger partial charge in [-0.05, 0) is 49.5 Å². The summed E-state index contributed by atoms with van der Waals surface area (Å²) < 4.78 is 0. The molecule has 1 aliphatic heterocycles. The van der Waals surface area contributed by atoms with Crippen molar-refractivity contribution in [1.29, 1.82) is 0 Å². The third-order valence-electron chi connectivity index (χ3n) is 6.09. The second kappa shape index (κ2) is 7.14. The summed E-state index contributed by atoms with van der Waals surface area (Å²) in [4.78, 5) is 2.79. The molecule has 0 aromatic heterocycles. The van der Waals surface area contributed by atoms with E-state index >= 15 is 0 Å². The van der Waals surface area contributed by atoms with E-state index < -0.39 is 0 Å². The summed E-state index contributed by atoms with van der Waals surface area (Å²) in [6, 6.07) is 12.3. The van der Waals surface area contributed by atoms with Gasteiger partial charge in [-0.15, -0.1) is 0 Å². The fourth-order valence-corrected chi connectivity index (χ4v) is 4.83. The zero-order chi connectivity index (χ0) is 15.5. The van der Waals surface area contributed by atoms with Crippen molar-refractivity contribution in [3.63, 3.8) is 0 Å². The van der Waals surface area contributed by atoms with E-state index in [1.165, 1.54) is 37.7 Å². The Morgan fingerprint density at radius 2 is 1.86 bits per heavy atom. The highest BCUT2D eigenvalue weighted by Gasteiger charge is 2.43. The summed E-state index contributed by atoms with van der Waals surface area (Å²) in [5.74, 6) is 1.14. The van der Waals surface area contributed by atoms with Crippen LogP contribution in [0.2, 0.25) is 0 Å². The number of fused-ring (bicyclic) bond motifs is 1. The molecule has 0 bridgehead atoms. The number of likely N-dealkylation sites (tertiary alicyclic amines) is 1. The highest BCUT2D eigenvalue weighted by molar-refractivity contribution is 5.15. The van der Waals surface area contributed by atoms with E-state index in [9.17, 15) is 5.11 Å². The van der Waals surface area contributed by atoms with Crippen LogP contribution >= 0.6 is 0 Å². The highest BCUT2D eigenvalue weighted by atomic mass is 16.3. The molecule has 1 aromatic rings. The van der Waals surface area contributed by atoms with Gasteiger partial charge >= 0.3 is 0 Å². The summed E-state index contributed by atoms with van der Waals surface area (Å²) in [6.45, 7) is 5.65. The number of aliphatic hydroxyl groups is 1. The SMILES string of the molecule is CCC[C@H]1CC[C@@H]2[C@@H](CCC(O)[C@@H]2C)N1Cc1ccccc1. The third-order valence-corrected chi connectivity index (χ3v) is 6.09. The number of hydrogen-bond acceptors (Lipinski definition) is 2. The molecule has 0 amide bonds. The molecule has 1 aliphatic carbocycles. The second-order valence-electron chi connectivity index (χ2n) is 7.41. The van der Waals surface area contributed by atoms with Gasteiger partial charge in [-0.3, -0.25) is 4.90 Å². The fourth-order valence-electron chi connectivity index (χ4n) is 4.83. The van der Waals surface area contributed by atoms with Gasteiger partial charge in [-0.1, -0.05) is 50.6 Å². The minimum atomic E-state index is -0.0810. The van der Waals surface area contributed by atoms with Gasteiger partial charge < -0.3 is 5.11 Å². The molecule has 1 saturated carbocycles. The van der Waals surface area contributed by atoms with Crippen molar-refractivity contribution in [2.75, 3.05) is 0 Å². The van der Waals surface area contributed by atoms with Crippen molar-refractivity contribution in [2.24, 2.45) is 11.8 Å². The molecule has 2 heteroatoms. The number of nitrogens with zero attached hydrogens (tertiary/aromatic N) is 1. The first kappa shape index (κ1) is 16.0. The molecule has 2 nitrogen and oxygen atoms in total. The Balaban J connectivity index is 1.80. The van der Waals surface area contributed by atoms with Crippen molar-refractivity contribution in [2.45, 2.75) is 77.1 Å². The Bertz CT molecular complexity index is 460. The quantitative estimate of drug-likeness (QED) is 0.899. The molecule has 0 radical (unpaired) electrons. The summed E-state index contributed by atoms with van der Waals surface area (Å²) in [6.07, 6.45) is 7.26. The standard InChI is InChI=1S/C20H31NO/c1-3-7-17-10-11-18-15(2)20(22)13-12-19(18)21(17)14-16-8-5-4-6-9-16/h4-6,8-9,15,17-20,22H,3,7,10-14H2,1-2H3/t15-,17+,18+,19-,20?/m1/s1. The summed E-state index contributed by atoms with van der Waals surface area (Å²) in [5, 5.41) is 10.2. The van der Waals surface area contributed by atoms with Crippen LogP contribution in [0, 0.1) is 11.8 Å². The molecular formula is C20H31NO. The Hall–Kier alpha value is -0.860. The van der Waals surface area contributed by atoms with Gasteiger partial charge in [-0.25, -0.2) is 0 Å². The zero-order valence-electron chi connectivity index (χ0n) is 14.1. The van der Waals surface area contributed by atoms with Crippen molar-refractivity contribution < 1.29 is 5.11 Å². The largest absolute Gasteiger partial charge is 0.393 e. The van der Waals surface area contributed by atoms with E-state index in [0.717, 1.165) is 19.0 Å². The maximum atomic E-state index is 10.2. The van der Waals surface area contributed by atoms with Crippen LogP contribution in [0.1, 0.15) is 57.9 Å². The first-order chi connectivity index (χ1) is 10.7. The molecule has 1 heterocycles. The highest BCUT2D eigenvalue weighted by Crippen LogP contribution is 2.42. The van der Waals surface area contributed by atoms with Crippen molar-refractivity contribution in [3.8, 4) is 0 Å². The topological polar surface area (TPSA) is 23.5 Å². The molecule has 1 unspecified atom stereocenters. The van der Waals surface area contributed by atoms with Crippen molar-refractivity contribution in [3.05, 3.63) is 35.9 Å². The van der Waals surface area contributed by atoms with Gasteiger partial charge in [0.2, 0.25) is 0 Å².